The lowest BCUT2D eigenvalue weighted by atomic mass is 9.73. The molecule has 5 rings (SSSR count). The molecule has 3 atom stereocenters. The molecule has 1 aromatic carbocycles. The van der Waals surface area contributed by atoms with Crippen molar-refractivity contribution in [2.45, 2.75) is 48.4 Å². The molecule has 4 heterocycles. The number of nitrogens with two attached hydrogens (primary N) is 1. The van der Waals surface area contributed by atoms with Crippen LogP contribution in [0.3, 0.4) is 0 Å². The van der Waals surface area contributed by atoms with Crippen molar-refractivity contribution in [1.82, 2.24) is 19.5 Å². The molecule has 192 valence electrons. The van der Waals surface area contributed by atoms with E-state index in [9.17, 15) is 9.35 Å². The number of aromatic nitrogens is 4. The third kappa shape index (κ3) is 4.97. The second-order valence-corrected chi connectivity index (χ2v) is 12.5. The highest BCUT2D eigenvalue weighted by Gasteiger charge is 2.47. The number of hydrogen-bond acceptors (Lipinski definition) is 9. The molecular weight excluding hydrogens is 520 g/mol. The molecule has 0 bridgehead atoms. The fourth-order valence-electron chi connectivity index (χ4n) is 4.94. The van der Waals surface area contributed by atoms with Crippen LogP contribution in [0.15, 0.2) is 45.6 Å². The number of fused-ring (bicyclic) bond motifs is 1. The summed E-state index contributed by atoms with van der Waals surface area (Å²) in [5.74, 6) is 1.21. The van der Waals surface area contributed by atoms with Gasteiger partial charge in [-0.15, -0.1) is 0 Å². The van der Waals surface area contributed by atoms with Crippen molar-refractivity contribution < 1.29 is 9.29 Å². The standard InChI is InChI=1S/C24H29ClN6O3S2/c1-15-22(26)24(13-34-15)5-7-30(8-6-24)18-11-28-19(12-27-18)35-17-4-3-16-20(21(17)25)23(32)31(14-29-16)9-10-36(2)33/h3-4,11-12,14-15,22H,5-10,13,26H2,1-2H3/t15-,22+,36?/m0/s1. The van der Waals surface area contributed by atoms with Gasteiger partial charge in [-0.25, -0.2) is 15.0 Å². The second kappa shape index (κ2) is 10.5. The quantitative estimate of drug-likeness (QED) is 0.463. The molecule has 2 aliphatic rings. The molecule has 0 saturated carbocycles. The molecule has 36 heavy (non-hydrogen) atoms. The van der Waals surface area contributed by atoms with Crippen LogP contribution >= 0.6 is 23.4 Å². The molecule has 2 N–H and O–H groups in total. The Morgan fingerprint density at radius 3 is 2.69 bits per heavy atom. The van der Waals surface area contributed by atoms with Crippen LogP contribution in [0.5, 0.6) is 0 Å². The van der Waals surface area contributed by atoms with Gasteiger partial charge in [0.15, 0.2) is 0 Å². The minimum atomic E-state index is -1.01. The van der Waals surface area contributed by atoms with Crippen LogP contribution in [-0.2, 0) is 22.5 Å². The lowest BCUT2D eigenvalue weighted by Gasteiger charge is -2.41. The Bertz CT molecular complexity index is 1300. The van der Waals surface area contributed by atoms with Crippen LogP contribution in [-0.4, -0.2) is 67.9 Å². The molecule has 2 saturated heterocycles. The highest BCUT2D eigenvalue weighted by Crippen LogP contribution is 2.42. The van der Waals surface area contributed by atoms with E-state index in [-0.39, 0.29) is 23.1 Å². The van der Waals surface area contributed by atoms with Crippen molar-refractivity contribution in [3.63, 3.8) is 0 Å². The Hall–Kier alpha value is -1.89. The van der Waals surface area contributed by atoms with Crippen molar-refractivity contribution in [3.05, 3.63) is 46.2 Å². The van der Waals surface area contributed by atoms with Crippen molar-refractivity contribution in [2.24, 2.45) is 11.1 Å². The largest absolute Gasteiger partial charge is 0.617 e. The van der Waals surface area contributed by atoms with E-state index in [1.165, 1.54) is 22.7 Å². The molecule has 3 aromatic rings. The van der Waals surface area contributed by atoms with E-state index in [0.29, 0.717) is 38.1 Å². The predicted molar refractivity (Wildman–Crippen MR) is 143 cm³/mol. The maximum absolute atomic E-state index is 13.0. The summed E-state index contributed by atoms with van der Waals surface area (Å²) in [5, 5.41) is 1.36. The number of anilines is 1. The third-order valence-corrected chi connectivity index (χ3v) is 9.52. The van der Waals surface area contributed by atoms with Gasteiger partial charge in [0.25, 0.3) is 5.56 Å². The predicted octanol–water partition coefficient (Wildman–Crippen LogP) is 2.70. The lowest BCUT2D eigenvalue weighted by Crippen LogP contribution is -2.50. The number of nitrogens with zero attached hydrogens (tertiary/aromatic N) is 5. The fourth-order valence-corrected chi connectivity index (χ4v) is 6.52. The number of benzene rings is 1. The number of piperidine rings is 1. The molecule has 0 amide bonds. The number of halogens is 1. The molecular formula is C24H29ClN6O3S2. The maximum Gasteiger partial charge on any atom is 0.262 e. The zero-order valence-corrected chi connectivity index (χ0v) is 22.6. The van der Waals surface area contributed by atoms with Crippen LogP contribution in [0.25, 0.3) is 10.9 Å². The smallest absolute Gasteiger partial charge is 0.262 e. The Balaban J connectivity index is 1.30. The maximum atomic E-state index is 13.0. The molecule has 2 fully saturated rings. The van der Waals surface area contributed by atoms with Crippen LogP contribution in [0.1, 0.15) is 19.8 Å². The number of rotatable bonds is 6. The van der Waals surface area contributed by atoms with Crippen molar-refractivity contribution in [1.29, 1.82) is 0 Å². The Morgan fingerprint density at radius 1 is 1.28 bits per heavy atom. The average Bonchev–Trinajstić information content (AvgIpc) is 3.14. The van der Waals surface area contributed by atoms with Gasteiger partial charge in [0, 0.05) is 29.4 Å². The Morgan fingerprint density at radius 2 is 2.06 bits per heavy atom. The van der Waals surface area contributed by atoms with Gasteiger partial charge in [-0.05, 0) is 31.9 Å². The van der Waals surface area contributed by atoms with E-state index in [1.807, 2.05) is 6.07 Å². The molecule has 1 unspecified atom stereocenters. The van der Waals surface area contributed by atoms with Gasteiger partial charge >= 0.3 is 0 Å². The summed E-state index contributed by atoms with van der Waals surface area (Å²) in [4.78, 5) is 29.5. The first-order chi connectivity index (χ1) is 17.3. The summed E-state index contributed by atoms with van der Waals surface area (Å²) in [6.07, 6.45) is 8.65. The monoisotopic (exact) mass is 548 g/mol. The van der Waals surface area contributed by atoms with Gasteiger partial charge in [-0.2, -0.15) is 0 Å². The first kappa shape index (κ1) is 25.7. The fraction of sp³-hybridized carbons (Fsp3) is 0.500. The van der Waals surface area contributed by atoms with Gasteiger partial charge in [0.05, 0.1) is 60.2 Å². The molecule has 12 heteroatoms. The zero-order chi connectivity index (χ0) is 25.4. The van der Waals surface area contributed by atoms with Gasteiger partial charge in [-0.1, -0.05) is 34.5 Å². The summed E-state index contributed by atoms with van der Waals surface area (Å²) >= 11 is 7.00. The first-order valence-electron chi connectivity index (χ1n) is 11.9. The second-order valence-electron chi connectivity index (χ2n) is 9.50. The Kier molecular flexibility index (Phi) is 7.49. The van der Waals surface area contributed by atoms with Crippen molar-refractivity contribution in [2.75, 3.05) is 36.6 Å². The third-order valence-electron chi connectivity index (χ3n) is 7.27. The van der Waals surface area contributed by atoms with Crippen LogP contribution < -0.4 is 16.2 Å². The topological polar surface area (TPSA) is 122 Å². The number of aryl methyl sites for hydroxylation is 1. The van der Waals surface area contributed by atoms with Crippen LogP contribution in [0, 0.1) is 5.41 Å². The first-order valence-corrected chi connectivity index (χ1v) is 14.8. The Labute approximate surface area is 222 Å². The van der Waals surface area contributed by atoms with Crippen molar-refractivity contribution in [3.8, 4) is 0 Å². The normalized spacial score (nSPS) is 22.4. The van der Waals surface area contributed by atoms with E-state index in [4.69, 9.17) is 22.1 Å². The number of hydrogen-bond donors (Lipinski definition) is 1. The summed E-state index contributed by atoms with van der Waals surface area (Å²) in [6.45, 7) is 4.84. The number of ether oxygens (including phenoxy) is 1. The summed E-state index contributed by atoms with van der Waals surface area (Å²) < 4.78 is 18.7. The molecule has 0 aliphatic carbocycles. The molecule has 9 nitrogen and oxygen atoms in total. The van der Waals surface area contributed by atoms with Crippen molar-refractivity contribution >= 4 is 51.3 Å². The van der Waals surface area contributed by atoms with E-state index in [2.05, 4.69) is 26.8 Å². The highest BCUT2D eigenvalue weighted by atomic mass is 35.5. The summed E-state index contributed by atoms with van der Waals surface area (Å²) in [6, 6.07) is 3.68. The molecule has 1 spiro atoms. The molecule has 2 aliphatic heterocycles. The summed E-state index contributed by atoms with van der Waals surface area (Å²) in [7, 11) is 0. The van der Waals surface area contributed by atoms with E-state index < -0.39 is 11.2 Å². The lowest BCUT2D eigenvalue weighted by molar-refractivity contribution is 0.0974. The summed E-state index contributed by atoms with van der Waals surface area (Å²) in [5.41, 5.74) is 6.77. The van der Waals surface area contributed by atoms with E-state index in [0.717, 1.165) is 38.4 Å². The van der Waals surface area contributed by atoms with Crippen LogP contribution in [0.4, 0.5) is 5.82 Å². The minimum absolute atomic E-state index is 0.0625. The molecule has 0 radical (unpaired) electrons. The van der Waals surface area contributed by atoms with Crippen LogP contribution in [0.2, 0.25) is 5.02 Å². The van der Waals surface area contributed by atoms with Gasteiger partial charge in [-0.3, -0.25) is 9.36 Å². The minimum Gasteiger partial charge on any atom is -0.617 e. The van der Waals surface area contributed by atoms with E-state index >= 15 is 0 Å². The zero-order valence-electron chi connectivity index (χ0n) is 20.2. The van der Waals surface area contributed by atoms with E-state index in [1.54, 1.807) is 24.7 Å². The van der Waals surface area contributed by atoms with Gasteiger partial charge < -0.3 is 19.9 Å². The molecule has 2 aromatic heterocycles. The SMILES string of the molecule is C[C@@H]1OCC2(CCN(c3cnc(Sc4ccc5ncn(CC[S+](C)[O-])c(=O)c5c4Cl)cn3)CC2)[C@@H]1N. The average molecular weight is 549 g/mol. The van der Waals surface area contributed by atoms with Gasteiger partial charge in [0.2, 0.25) is 0 Å². The van der Waals surface area contributed by atoms with Gasteiger partial charge in [0.1, 0.15) is 16.6 Å². The highest BCUT2D eigenvalue weighted by molar-refractivity contribution is 7.99.